The zero-order valence-electron chi connectivity index (χ0n) is 8.49. The highest BCUT2D eigenvalue weighted by atomic mass is 16.1. The summed E-state index contributed by atoms with van der Waals surface area (Å²) in [7, 11) is 0. The Bertz CT molecular complexity index is 364. The molecule has 14 heavy (non-hydrogen) atoms. The first kappa shape index (κ1) is 9.46. The molecule has 1 aliphatic rings. The van der Waals surface area contributed by atoms with Crippen LogP contribution in [0.15, 0.2) is 23.1 Å². The Balaban J connectivity index is 2.12. The highest BCUT2D eigenvalue weighted by Gasteiger charge is 2.14. The van der Waals surface area contributed by atoms with E-state index in [0.717, 1.165) is 18.7 Å². The fraction of sp³-hybridized carbons (Fsp3) is 0.545. The van der Waals surface area contributed by atoms with Crippen molar-refractivity contribution in [1.29, 1.82) is 0 Å². The van der Waals surface area contributed by atoms with Gasteiger partial charge in [-0.25, -0.2) is 0 Å². The van der Waals surface area contributed by atoms with Gasteiger partial charge < -0.3 is 9.88 Å². The van der Waals surface area contributed by atoms with Crippen molar-refractivity contribution in [2.24, 2.45) is 0 Å². The van der Waals surface area contributed by atoms with Crippen LogP contribution in [0.5, 0.6) is 0 Å². The summed E-state index contributed by atoms with van der Waals surface area (Å²) in [6.45, 7) is 3.84. The zero-order valence-corrected chi connectivity index (χ0v) is 8.49. The van der Waals surface area contributed by atoms with Crippen molar-refractivity contribution in [3.05, 3.63) is 34.2 Å². The van der Waals surface area contributed by atoms with Gasteiger partial charge in [-0.1, -0.05) is 0 Å². The lowest BCUT2D eigenvalue weighted by molar-refractivity contribution is 0.499. The molecule has 2 heterocycles. The molecule has 0 saturated carbocycles. The first-order valence-corrected chi connectivity index (χ1v) is 5.16. The second-order valence-corrected chi connectivity index (χ2v) is 3.99. The molecule has 1 N–H and O–H groups in total. The van der Waals surface area contributed by atoms with Gasteiger partial charge in [0.05, 0.1) is 0 Å². The van der Waals surface area contributed by atoms with Crippen LogP contribution in [0.1, 0.15) is 18.4 Å². The molecule has 3 heteroatoms. The number of hydrogen-bond donors (Lipinski definition) is 1. The lowest BCUT2D eigenvalue weighted by Gasteiger charge is -2.12. The normalized spacial score (nSPS) is 21.4. The molecule has 3 nitrogen and oxygen atoms in total. The fourth-order valence-corrected chi connectivity index (χ4v) is 1.91. The lowest BCUT2D eigenvalue weighted by atomic mass is 10.2. The van der Waals surface area contributed by atoms with E-state index in [2.05, 4.69) is 5.32 Å². The molecule has 2 rings (SSSR count). The van der Waals surface area contributed by atoms with Gasteiger partial charge in [0.15, 0.2) is 0 Å². The molecule has 0 spiro atoms. The quantitative estimate of drug-likeness (QED) is 0.755. The summed E-state index contributed by atoms with van der Waals surface area (Å²) in [5.74, 6) is 0. The number of pyridine rings is 1. The summed E-state index contributed by atoms with van der Waals surface area (Å²) in [4.78, 5) is 11.6. The minimum Gasteiger partial charge on any atom is -0.314 e. The van der Waals surface area contributed by atoms with Gasteiger partial charge in [-0.05, 0) is 37.9 Å². The van der Waals surface area contributed by atoms with Crippen LogP contribution in [0.2, 0.25) is 0 Å². The molecule has 1 aromatic heterocycles. The molecule has 0 radical (unpaired) electrons. The molecule has 1 fully saturated rings. The van der Waals surface area contributed by atoms with Crippen molar-refractivity contribution in [2.45, 2.75) is 32.4 Å². The van der Waals surface area contributed by atoms with Crippen molar-refractivity contribution < 1.29 is 0 Å². The van der Waals surface area contributed by atoms with Gasteiger partial charge in [0.2, 0.25) is 0 Å². The van der Waals surface area contributed by atoms with Gasteiger partial charge in [-0.2, -0.15) is 0 Å². The topological polar surface area (TPSA) is 34.0 Å². The maximum atomic E-state index is 11.6. The zero-order chi connectivity index (χ0) is 9.97. The average Bonchev–Trinajstić information content (AvgIpc) is 2.62. The minimum atomic E-state index is 0.110. The Morgan fingerprint density at radius 2 is 2.50 bits per heavy atom. The van der Waals surface area contributed by atoms with E-state index < -0.39 is 0 Å². The standard InChI is InChI=1S/C11H16N2O/c1-9-4-6-13(11(14)7-9)8-10-3-2-5-12-10/h4,6-7,10,12H,2-3,5,8H2,1H3/t10-/m0/s1. The van der Waals surface area contributed by atoms with Gasteiger partial charge in [0, 0.05) is 24.8 Å². The van der Waals surface area contributed by atoms with E-state index >= 15 is 0 Å². The summed E-state index contributed by atoms with van der Waals surface area (Å²) in [6, 6.07) is 4.15. The maximum Gasteiger partial charge on any atom is 0.250 e. The van der Waals surface area contributed by atoms with Crippen LogP contribution >= 0.6 is 0 Å². The summed E-state index contributed by atoms with van der Waals surface area (Å²) >= 11 is 0. The van der Waals surface area contributed by atoms with E-state index in [4.69, 9.17) is 0 Å². The molecule has 1 saturated heterocycles. The minimum absolute atomic E-state index is 0.110. The van der Waals surface area contributed by atoms with E-state index in [1.165, 1.54) is 12.8 Å². The van der Waals surface area contributed by atoms with Gasteiger partial charge in [-0.15, -0.1) is 0 Å². The molecule has 0 amide bonds. The largest absolute Gasteiger partial charge is 0.314 e. The lowest BCUT2D eigenvalue weighted by Crippen LogP contribution is -2.31. The van der Waals surface area contributed by atoms with Crippen LogP contribution in [-0.2, 0) is 6.54 Å². The Morgan fingerprint density at radius 1 is 1.64 bits per heavy atom. The van der Waals surface area contributed by atoms with E-state index in [9.17, 15) is 4.79 Å². The van der Waals surface area contributed by atoms with E-state index in [1.807, 2.05) is 19.2 Å². The number of hydrogen-bond acceptors (Lipinski definition) is 2. The molecule has 76 valence electrons. The maximum absolute atomic E-state index is 11.6. The van der Waals surface area contributed by atoms with E-state index in [-0.39, 0.29) is 5.56 Å². The molecule has 1 aliphatic heterocycles. The molecular formula is C11H16N2O. The predicted octanol–water partition coefficient (Wildman–Crippen LogP) is 0.909. The van der Waals surface area contributed by atoms with Gasteiger partial charge in [-0.3, -0.25) is 4.79 Å². The number of rotatable bonds is 2. The second kappa shape index (κ2) is 3.96. The Morgan fingerprint density at radius 3 is 3.14 bits per heavy atom. The first-order valence-electron chi connectivity index (χ1n) is 5.16. The first-order chi connectivity index (χ1) is 6.75. The van der Waals surface area contributed by atoms with E-state index in [1.54, 1.807) is 10.6 Å². The van der Waals surface area contributed by atoms with Crippen molar-refractivity contribution in [3.63, 3.8) is 0 Å². The molecular weight excluding hydrogens is 176 g/mol. The van der Waals surface area contributed by atoms with E-state index in [0.29, 0.717) is 6.04 Å². The number of nitrogens with zero attached hydrogens (tertiary/aromatic N) is 1. The average molecular weight is 192 g/mol. The molecule has 0 unspecified atom stereocenters. The highest BCUT2D eigenvalue weighted by Crippen LogP contribution is 2.06. The SMILES string of the molecule is Cc1ccn(C[C@@H]2CCCN2)c(=O)c1. The number of aromatic nitrogens is 1. The third-order valence-electron chi connectivity index (χ3n) is 2.73. The van der Waals surface area contributed by atoms with Gasteiger partial charge >= 0.3 is 0 Å². The van der Waals surface area contributed by atoms with Crippen molar-refractivity contribution in [1.82, 2.24) is 9.88 Å². The summed E-state index contributed by atoms with van der Waals surface area (Å²) in [5.41, 5.74) is 1.14. The third-order valence-corrected chi connectivity index (χ3v) is 2.73. The van der Waals surface area contributed by atoms with Crippen LogP contribution in [0.4, 0.5) is 0 Å². The van der Waals surface area contributed by atoms with Crippen LogP contribution in [0, 0.1) is 6.92 Å². The van der Waals surface area contributed by atoms with Crippen LogP contribution in [0.3, 0.4) is 0 Å². The van der Waals surface area contributed by atoms with Gasteiger partial charge in [0.1, 0.15) is 0 Å². The Hall–Kier alpha value is -1.09. The molecule has 1 aromatic rings. The molecule has 0 aliphatic carbocycles. The van der Waals surface area contributed by atoms with Crippen LogP contribution in [-0.4, -0.2) is 17.2 Å². The predicted molar refractivity (Wildman–Crippen MR) is 56.5 cm³/mol. The number of nitrogens with one attached hydrogen (secondary N) is 1. The molecule has 1 atom stereocenters. The summed E-state index contributed by atoms with van der Waals surface area (Å²) in [6.07, 6.45) is 4.29. The monoisotopic (exact) mass is 192 g/mol. The van der Waals surface area contributed by atoms with Crippen molar-refractivity contribution in [2.75, 3.05) is 6.54 Å². The van der Waals surface area contributed by atoms with Crippen LogP contribution in [0.25, 0.3) is 0 Å². The second-order valence-electron chi connectivity index (χ2n) is 3.99. The Labute approximate surface area is 83.8 Å². The Kier molecular flexibility index (Phi) is 2.68. The molecule has 0 aromatic carbocycles. The van der Waals surface area contributed by atoms with Crippen molar-refractivity contribution in [3.8, 4) is 0 Å². The van der Waals surface area contributed by atoms with Crippen LogP contribution < -0.4 is 10.9 Å². The summed E-state index contributed by atoms with van der Waals surface area (Å²) < 4.78 is 1.79. The highest BCUT2D eigenvalue weighted by molar-refractivity contribution is 5.08. The fourth-order valence-electron chi connectivity index (χ4n) is 1.91. The number of aryl methyl sites for hydroxylation is 1. The van der Waals surface area contributed by atoms with Gasteiger partial charge in [0.25, 0.3) is 5.56 Å². The summed E-state index contributed by atoms with van der Waals surface area (Å²) in [5, 5.41) is 3.39. The van der Waals surface area contributed by atoms with Crippen molar-refractivity contribution >= 4 is 0 Å². The smallest absolute Gasteiger partial charge is 0.250 e. The molecule has 0 bridgehead atoms. The third kappa shape index (κ3) is 2.04.